The first-order valence-corrected chi connectivity index (χ1v) is 12.0. The van der Waals surface area contributed by atoms with Crippen LogP contribution in [0.4, 0.5) is 10.5 Å². The fourth-order valence-corrected chi connectivity index (χ4v) is 5.45. The van der Waals surface area contributed by atoms with Crippen molar-refractivity contribution in [2.24, 2.45) is 5.92 Å². The summed E-state index contributed by atoms with van der Waals surface area (Å²) >= 11 is 0. The van der Waals surface area contributed by atoms with E-state index in [0.717, 1.165) is 29.7 Å². The van der Waals surface area contributed by atoms with Crippen LogP contribution in [0.25, 0.3) is 0 Å². The summed E-state index contributed by atoms with van der Waals surface area (Å²) in [4.78, 5) is 12.9. The molecule has 0 bridgehead atoms. The summed E-state index contributed by atoms with van der Waals surface area (Å²) in [7, 11) is -3.62. The molecule has 1 saturated carbocycles. The standard InChI is InChI=1S/C21H27N5O3S/c1-12(13-4-5-13)15-8-6-14-7-9-16(14)18(15)24-20(27)25-30(22,28)17-10-23-26-11-21(2,3)29-19(17)26/h6,8,10,12-13H,4-5,7,9,11H2,1-3H3,(H3,22,24,25,27,28). The minimum atomic E-state index is -3.62. The number of hydrogen-bond acceptors (Lipinski definition) is 5. The molecule has 2 aromatic rings. The Kier molecular flexibility index (Phi) is 4.19. The van der Waals surface area contributed by atoms with Crippen molar-refractivity contribution in [3.8, 4) is 5.88 Å². The van der Waals surface area contributed by atoms with Gasteiger partial charge < -0.3 is 10.1 Å². The van der Waals surface area contributed by atoms with Gasteiger partial charge in [0.25, 0.3) is 0 Å². The Morgan fingerprint density at radius 1 is 1.37 bits per heavy atom. The number of aromatic nitrogens is 2. The van der Waals surface area contributed by atoms with Crippen LogP contribution in [-0.4, -0.2) is 25.6 Å². The molecule has 8 nitrogen and oxygen atoms in total. The molecule has 0 saturated heterocycles. The van der Waals surface area contributed by atoms with Crippen molar-refractivity contribution in [3.63, 3.8) is 0 Å². The average molecular weight is 430 g/mol. The maximum atomic E-state index is 13.1. The summed E-state index contributed by atoms with van der Waals surface area (Å²) in [6.45, 7) is 6.49. The van der Waals surface area contributed by atoms with Gasteiger partial charge in [-0.2, -0.15) is 5.10 Å². The van der Waals surface area contributed by atoms with E-state index in [9.17, 15) is 9.00 Å². The first-order valence-electron chi connectivity index (χ1n) is 10.4. The molecular weight excluding hydrogens is 402 g/mol. The molecule has 3 aliphatic rings. The van der Waals surface area contributed by atoms with Crippen LogP contribution in [0.3, 0.4) is 0 Å². The highest BCUT2D eigenvalue weighted by molar-refractivity contribution is 7.91. The lowest BCUT2D eigenvalue weighted by Crippen LogP contribution is -2.35. The molecule has 0 radical (unpaired) electrons. The van der Waals surface area contributed by atoms with E-state index in [4.69, 9.17) is 9.52 Å². The number of carbonyl (C=O) groups is 1. The van der Waals surface area contributed by atoms with Crippen molar-refractivity contribution >= 4 is 21.6 Å². The Morgan fingerprint density at radius 3 is 2.80 bits per heavy atom. The molecule has 30 heavy (non-hydrogen) atoms. The zero-order valence-electron chi connectivity index (χ0n) is 17.4. The molecule has 1 aliphatic heterocycles. The van der Waals surface area contributed by atoms with E-state index < -0.39 is 21.5 Å². The second-order valence-electron chi connectivity index (χ2n) is 9.24. The first-order chi connectivity index (χ1) is 14.1. The lowest BCUT2D eigenvalue weighted by molar-refractivity contribution is 0.132. The summed E-state index contributed by atoms with van der Waals surface area (Å²) in [5.41, 5.74) is 3.86. The van der Waals surface area contributed by atoms with Crippen LogP contribution in [0, 0.1) is 10.7 Å². The van der Waals surface area contributed by atoms with Crippen LogP contribution in [0.15, 0.2) is 23.2 Å². The van der Waals surface area contributed by atoms with Crippen LogP contribution in [0.2, 0.25) is 0 Å². The molecule has 2 aliphatic carbocycles. The normalized spacial score (nSPS) is 21.4. The highest BCUT2D eigenvalue weighted by atomic mass is 32.2. The van der Waals surface area contributed by atoms with Crippen LogP contribution in [-0.2, 0) is 29.3 Å². The summed E-state index contributed by atoms with van der Waals surface area (Å²) in [6.07, 6.45) is 5.71. The van der Waals surface area contributed by atoms with Gasteiger partial charge in [0.1, 0.15) is 10.5 Å². The topological polar surface area (TPSA) is 109 Å². The van der Waals surface area contributed by atoms with Gasteiger partial charge in [0.15, 0.2) is 9.92 Å². The second-order valence-corrected chi connectivity index (χ2v) is 11.0. The Bertz CT molecular complexity index is 1150. The smallest absolute Gasteiger partial charge is 0.331 e. The number of nitrogens with zero attached hydrogens (tertiary/aromatic N) is 2. The van der Waals surface area contributed by atoms with E-state index in [2.05, 4.69) is 34.2 Å². The van der Waals surface area contributed by atoms with Crippen molar-refractivity contribution in [1.29, 1.82) is 4.78 Å². The van der Waals surface area contributed by atoms with Crippen molar-refractivity contribution in [2.75, 3.05) is 5.32 Å². The molecule has 2 atom stereocenters. The van der Waals surface area contributed by atoms with E-state index in [1.165, 1.54) is 24.6 Å². The summed E-state index contributed by atoms with van der Waals surface area (Å²) < 4.78 is 31.2. The van der Waals surface area contributed by atoms with Crippen molar-refractivity contribution in [1.82, 2.24) is 14.5 Å². The third-order valence-electron chi connectivity index (χ3n) is 6.35. The predicted molar refractivity (Wildman–Crippen MR) is 113 cm³/mol. The van der Waals surface area contributed by atoms with Gasteiger partial charge in [0, 0.05) is 5.69 Å². The summed E-state index contributed by atoms with van der Waals surface area (Å²) in [5.74, 6) is 1.30. The van der Waals surface area contributed by atoms with E-state index in [1.54, 1.807) is 4.68 Å². The van der Waals surface area contributed by atoms with Gasteiger partial charge in [-0.3, -0.25) is 0 Å². The zero-order valence-corrected chi connectivity index (χ0v) is 18.3. The largest absolute Gasteiger partial charge is 0.469 e. The van der Waals surface area contributed by atoms with Crippen molar-refractivity contribution in [3.05, 3.63) is 35.0 Å². The quantitative estimate of drug-likeness (QED) is 0.671. The first kappa shape index (κ1) is 19.4. The number of aryl methyl sites for hydroxylation is 1. The second kappa shape index (κ2) is 6.47. The van der Waals surface area contributed by atoms with Crippen LogP contribution < -0.4 is 14.8 Å². The Balaban J connectivity index is 1.38. The molecule has 1 aromatic heterocycles. The van der Waals surface area contributed by atoms with Gasteiger partial charge in [0.05, 0.1) is 12.7 Å². The van der Waals surface area contributed by atoms with E-state index in [-0.39, 0.29) is 10.8 Å². The number of nitrogens with one attached hydrogen (secondary N) is 3. The van der Waals surface area contributed by atoms with Gasteiger partial charge in [-0.15, -0.1) is 0 Å². The molecule has 9 heteroatoms. The molecule has 2 amide bonds. The maximum absolute atomic E-state index is 13.1. The van der Waals surface area contributed by atoms with Crippen molar-refractivity contribution < 1.29 is 13.7 Å². The fourth-order valence-electron chi connectivity index (χ4n) is 4.44. The molecule has 1 fully saturated rings. The highest BCUT2D eigenvalue weighted by Gasteiger charge is 2.37. The monoisotopic (exact) mass is 429 g/mol. The molecule has 2 heterocycles. The van der Waals surface area contributed by atoms with Crippen LogP contribution in [0.5, 0.6) is 5.88 Å². The number of urea groups is 1. The van der Waals surface area contributed by atoms with Gasteiger partial charge in [-0.25, -0.2) is 23.2 Å². The molecular formula is C21H27N5O3S. The number of benzene rings is 1. The van der Waals surface area contributed by atoms with E-state index in [1.807, 2.05) is 13.8 Å². The van der Waals surface area contributed by atoms with Gasteiger partial charge in [0.2, 0.25) is 5.88 Å². The lowest BCUT2D eigenvalue weighted by atomic mass is 9.82. The van der Waals surface area contributed by atoms with E-state index >= 15 is 0 Å². The average Bonchev–Trinajstić information content (AvgIpc) is 3.31. The lowest BCUT2D eigenvalue weighted by Gasteiger charge is -2.27. The molecule has 160 valence electrons. The predicted octanol–water partition coefficient (Wildman–Crippen LogP) is 3.81. The summed E-state index contributed by atoms with van der Waals surface area (Å²) in [6, 6.07) is 3.62. The third kappa shape index (κ3) is 3.25. The Hall–Kier alpha value is -2.55. The number of ether oxygens (including phenoxy) is 1. The number of anilines is 1. The van der Waals surface area contributed by atoms with Crippen LogP contribution in [0.1, 0.15) is 56.2 Å². The van der Waals surface area contributed by atoms with Crippen molar-refractivity contribution in [2.45, 2.75) is 69.4 Å². The Labute approximate surface area is 176 Å². The number of amides is 2. The minimum Gasteiger partial charge on any atom is -0.469 e. The maximum Gasteiger partial charge on any atom is 0.331 e. The number of fused-ring (bicyclic) bond motifs is 2. The number of carbonyl (C=O) groups excluding carboxylic acids is 1. The van der Waals surface area contributed by atoms with Gasteiger partial charge >= 0.3 is 6.03 Å². The third-order valence-corrected chi connectivity index (χ3v) is 7.73. The summed E-state index contributed by atoms with van der Waals surface area (Å²) in [5, 5.41) is 7.09. The minimum absolute atomic E-state index is 0.0934. The highest BCUT2D eigenvalue weighted by Crippen LogP contribution is 2.46. The molecule has 3 N–H and O–H groups in total. The van der Waals surface area contributed by atoms with E-state index in [0.29, 0.717) is 18.4 Å². The SMILES string of the molecule is CC(c1ccc2c(c1NC(=O)NS(=N)(=O)c1cnn3c1OC(C)(C)C3)CC2)C1CC1. The molecule has 0 spiro atoms. The van der Waals surface area contributed by atoms with Gasteiger partial charge in [-0.05, 0) is 68.1 Å². The molecule has 2 unspecified atom stereocenters. The number of hydrogen-bond donors (Lipinski definition) is 3. The number of rotatable bonds is 5. The van der Waals surface area contributed by atoms with Gasteiger partial charge in [-0.1, -0.05) is 19.1 Å². The molecule has 1 aromatic carbocycles. The fraction of sp³-hybridized carbons (Fsp3) is 0.524. The molecule has 5 rings (SSSR count). The Morgan fingerprint density at radius 2 is 2.13 bits per heavy atom. The zero-order chi connectivity index (χ0) is 21.3. The van der Waals surface area contributed by atoms with Crippen LogP contribution >= 0.6 is 0 Å².